The summed E-state index contributed by atoms with van der Waals surface area (Å²) in [6, 6.07) is 0. The molecule has 0 saturated heterocycles. The van der Waals surface area contributed by atoms with Crippen LogP contribution in [0.4, 0.5) is 0 Å². The van der Waals surface area contributed by atoms with E-state index in [0.717, 1.165) is 25.1 Å². The predicted molar refractivity (Wildman–Crippen MR) is 60.9 cm³/mol. The van der Waals surface area contributed by atoms with Crippen molar-refractivity contribution in [1.29, 1.82) is 0 Å². The summed E-state index contributed by atoms with van der Waals surface area (Å²) in [5, 5.41) is 21.8. The molecule has 0 bridgehead atoms. The standard InChI is InChI=1S/C10H17N7/c1-2-3-4-9(5-10-6-11-14-13-10)7-17-8-12-15-16-17/h6,8-9H,2-5,7H2,1H3,(H,11,13,14). The largest absolute Gasteiger partial charge is 0.232 e. The second-order valence-corrected chi connectivity index (χ2v) is 4.21. The first-order valence-corrected chi connectivity index (χ1v) is 5.94. The molecule has 0 amide bonds. The minimum Gasteiger partial charge on any atom is -0.232 e. The van der Waals surface area contributed by atoms with Crippen molar-refractivity contribution >= 4 is 0 Å². The Morgan fingerprint density at radius 1 is 1.47 bits per heavy atom. The van der Waals surface area contributed by atoms with E-state index >= 15 is 0 Å². The molecule has 0 aliphatic heterocycles. The van der Waals surface area contributed by atoms with Crippen molar-refractivity contribution in [3.05, 3.63) is 18.2 Å². The highest BCUT2D eigenvalue weighted by atomic mass is 15.5. The highest BCUT2D eigenvalue weighted by molar-refractivity contribution is 4.92. The van der Waals surface area contributed by atoms with Crippen molar-refractivity contribution in [2.24, 2.45) is 5.92 Å². The first-order chi connectivity index (χ1) is 8.38. The van der Waals surface area contributed by atoms with Gasteiger partial charge in [-0.25, -0.2) is 4.68 Å². The summed E-state index contributed by atoms with van der Waals surface area (Å²) in [5.74, 6) is 0.503. The van der Waals surface area contributed by atoms with E-state index in [-0.39, 0.29) is 0 Å². The van der Waals surface area contributed by atoms with Gasteiger partial charge in [0.2, 0.25) is 0 Å². The number of hydrogen-bond donors (Lipinski definition) is 1. The molecule has 0 aromatic carbocycles. The quantitative estimate of drug-likeness (QED) is 0.768. The molecule has 2 aromatic heterocycles. The van der Waals surface area contributed by atoms with Crippen LogP contribution in [0.3, 0.4) is 0 Å². The molecule has 1 atom stereocenters. The van der Waals surface area contributed by atoms with Gasteiger partial charge in [0.15, 0.2) is 0 Å². The van der Waals surface area contributed by atoms with Crippen LogP contribution in [-0.4, -0.2) is 35.6 Å². The van der Waals surface area contributed by atoms with Gasteiger partial charge in [0.05, 0.1) is 11.9 Å². The van der Waals surface area contributed by atoms with Crippen LogP contribution in [0.2, 0.25) is 0 Å². The van der Waals surface area contributed by atoms with E-state index in [4.69, 9.17) is 0 Å². The molecule has 2 heterocycles. The molecule has 0 spiro atoms. The monoisotopic (exact) mass is 235 g/mol. The van der Waals surface area contributed by atoms with Gasteiger partial charge in [-0.15, -0.1) is 5.10 Å². The van der Waals surface area contributed by atoms with Crippen LogP contribution < -0.4 is 0 Å². The molecule has 0 aliphatic carbocycles. The van der Waals surface area contributed by atoms with Crippen LogP contribution in [0.25, 0.3) is 0 Å². The van der Waals surface area contributed by atoms with E-state index in [9.17, 15) is 0 Å². The second kappa shape index (κ2) is 6.07. The third-order valence-corrected chi connectivity index (χ3v) is 2.77. The minimum absolute atomic E-state index is 0.503. The number of nitrogens with zero attached hydrogens (tertiary/aromatic N) is 6. The summed E-state index contributed by atoms with van der Waals surface area (Å²) in [6.45, 7) is 3.03. The van der Waals surface area contributed by atoms with E-state index in [1.807, 2.05) is 0 Å². The highest BCUT2D eigenvalue weighted by Gasteiger charge is 2.12. The molecule has 0 aliphatic rings. The van der Waals surface area contributed by atoms with Crippen molar-refractivity contribution < 1.29 is 0 Å². The molecule has 0 saturated carbocycles. The van der Waals surface area contributed by atoms with Gasteiger partial charge in [0.1, 0.15) is 6.33 Å². The van der Waals surface area contributed by atoms with Gasteiger partial charge in [-0.05, 0) is 29.2 Å². The number of aromatic nitrogens is 7. The van der Waals surface area contributed by atoms with E-state index in [1.165, 1.54) is 12.8 Å². The van der Waals surface area contributed by atoms with Crippen molar-refractivity contribution in [1.82, 2.24) is 35.6 Å². The van der Waals surface area contributed by atoms with E-state index in [2.05, 4.69) is 37.9 Å². The number of hydrogen-bond acceptors (Lipinski definition) is 5. The molecule has 7 heteroatoms. The lowest BCUT2D eigenvalue weighted by molar-refractivity contribution is 0.372. The Morgan fingerprint density at radius 2 is 2.41 bits per heavy atom. The van der Waals surface area contributed by atoms with E-state index < -0.39 is 0 Å². The number of aromatic amines is 1. The van der Waals surface area contributed by atoms with Gasteiger partial charge in [-0.3, -0.25) is 0 Å². The number of rotatable bonds is 7. The van der Waals surface area contributed by atoms with Crippen molar-refractivity contribution in [2.75, 3.05) is 0 Å². The molecular weight excluding hydrogens is 218 g/mol. The average molecular weight is 235 g/mol. The number of tetrazole rings is 1. The Hall–Kier alpha value is -1.79. The van der Waals surface area contributed by atoms with Crippen LogP contribution in [0.15, 0.2) is 12.5 Å². The van der Waals surface area contributed by atoms with Gasteiger partial charge < -0.3 is 0 Å². The topological polar surface area (TPSA) is 85.2 Å². The SMILES string of the molecule is CCCCC(Cc1cn[nH]n1)Cn1cnnn1. The maximum absolute atomic E-state index is 4.10. The van der Waals surface area contributed by atoms with Crippen LogP contribution in [-0.2, 0) is 13.0 Å². The van der Waals surface area contributed by atoms with Crippen LogP contribution in [0.5, 0.6) is 0 Å². The summed E-state index contributed by atoms with van der Waals surface area (Å²) < 4.78 is 1.78. The molecule has 7 nitrogen and oxygen atoms in total. The molecule has 2 rings (SSSR count). The molecule has 0 radical (unpaired) electrons. The lowest BCUT2D eigenvalue weighted by atomic mass is 9.97. The van der Waals surface area contributed by atoms with E-state index in [1.54, 1.807) is 17.2 Å². The molecule has 1 N–H and O–H groups in total. The lowest BCUT2D eigenvalue weighted by Crippen LogP contribution is -2.14. The Bertz CT molecular complexity index is 358. The summed E-state index contributed by atoms with van der Waals surface area (Å²) in [6.07, 6.45) is 7.91. The fourth-order valence-corrected chi connectivity index (χ4v) is 1.90. The maximum atomic E-state index is 4.10. The smallest absolute Gasteiger partial charge is 0.138 e. The molecule has 0 fully saturated rings. The van der Waals surface area contributed by atoms with Crippen LogP contribution >= 0.6 is 0 Å². The van der Waals surface area contributed by atoms with Crippen molar-refractivity contribution in [2.45, 2.75) is 39.2 Å². The Labute approximate surface area is 99.6 Å². The average Bonchev–Trinajstić information content (AvgIpc) is 2.99. The fraction of sp³-hybridized carbons (Fsp3) is 0.700. The molecule has 92 valence electrons. The lowest BCUT2D eigenvalue weighted by Gasteiger charge is -2.14. The molecular formula is C10H17N7. The predicted octanol–water partition coefficient (Wildman–Crippen LogP) is 0.840. The highest BCUT2D eigenvalue weighted by Crippen LogP contribution is 2.15. The third kappa shape index (κ3) is 3.61. The summed E-state index contributed by atoms with van der Waals surface area (Å²) >= 11 is 0. The van der Waals surface area contributed by atoms with Crippen LogP contribution in [0.1, 0.15) is 31.9 Å². The minimum atomic E-state index is 0.503. The zero-order valence-corrected chi connectivity index (χ0v) is 9.95. The number of nitrogens with one attached hydrogen (secondary N) is 1. The van der Waals surface area contributed by atoms with Gasteiger partial charge in [0.25, 0.3) is 0 Å². The number of H-pyrrole nitrogens is 1. The fourth-order valence-electron chi connectivity index (χ4n) is 1.90. The van der Waals surface area contributed by atoms with Crippen molar-refractivity contribution in [3.8, 4) is 0 Å². The maximum Gasteiger partial charge on any atom is 0.138 e. The Kier molecular flexibility index (Phi) is 4.17. The summed E-state index contributed by atoms with van der Waals surface area (Å²) in [7, 11) is 0. The Morgan fingerprint density at radius 3 is 3.06 bits per heavy atom. The molecule has 17 heavy (non-hydrogen) atoms. The Balaban J connectivity index is 1.92. The van der Waals surface area contributed by atoms with Crippen LogP contribution in [0, 0.1) is 5.92 Å². The summed E-state index contributed by atoms with van der Waals surface area (Å²) in [5.41, 5.74) is 0.999. The molecule has 1 unspecified atom stereocenters. The van der Waals surface area contributed by atoms with Crippen molar-refractivity contribution in [3.63, 3.8) is 0 Å². The van der Waals surface area contributed by atoms with Gasteiger partial charge in [-0.1, -0.05) is 19.8 Å². The second-order valence-electron chi connectivity index (χ2n) is 4.21. The first-order valence-electron chi connectivity index (χ1n) is 5.94. The van der Waals surface area contributed by atoms with Gasteiger partial charge in [0, 0.05) is 6.54 Å². The van der Waals surface area contributed by atoms with Gasteiger partial charge in [-0.2, -0.15) is 15.4 Å². The zero-order chi connectivity index (χ0) is 11.9. The zero-order valence-electron chi connectivity index (χ0n) is 9.95. The van der Waals surface area contributed by atoms with E-state index in [0.29, 0.717) is 5.92 Å². The normalized spacial score (nSPS) is 12.8. The molecule has 2 aromatic rings. The first kappa shape index (κ1) is 11.7. The number of unbranched alkanes of at least 4 members (excludes halogenated alkanes) is 1. The van der Waals surface area contributed by atoms with Gasteiger partial charge >= 0.3 is 0 Å². The third-order valence-electron chi connectivity index (χ3n) is 2.77. The summed E-state index contributed by atoms with van der Waals surface area (Å²) in [4.78, 5) is 0.